The van der Waals surface area contributed by atoms with E-state index in [1.165, 1.54) is 24.4 Å². The van der Waals surface area contributed by atoms with E-state index < -0.39 is 5.91 Å². The monoisotopic (exact) mass is 271 g/mol. The van der Waals surface area contributed by atoms with Gasteiger partial charge in [0, 0.05) is 28.9 Å². The van der Waals surface area contributed by atoms with Crippen LogP contribution in [-0.2, 0) is 0 Å². The molecule has 1 aromatic carbocycles. The molecule has 0 radical (unpaired) electrons. The number of hydrogen-bond donors (Lipinski definition) is 3. The van der Waals surface area contributed by atoms with Gasteiger partial charge in [0.25, 0.3) is 5.91 Å². The van der Waals surface area contributed by atoms with Crippen molar-refractivity contribution in [3.8, 4) is 0 Å². The normalized spacial score (nSPS) is 10.7. The maximum Gasteiger partial charge on any atom is 0.272 e. The summed E-state index contributed by atoms with van der Waals surface area (Å²) >= 11 is 0. The van der Waals surface area contributed by atoms with Gasteiger partial charge in [-0.2, -0.15) is 0 Å². The number of H-pyrrole nitrogens is 2. The third kappa shape index (κ3) is 2.31. The summed E-state index contributed by atoms with van der Waals surface area (Å²) in [4.78, 5) is 28.5. The predicted octanol–water partition coefficient (Wildman–Crippen LogP) is 2.25. The van der Waals surface area contributed by atoms with Crippen LogP contribution in [0.4, 0.5) is 10.1 Å². The Morgan fingerprint density at radius 3 is 2.80 bits per heavy atom. The zero-order valence-electron chi connectivity index (χ0n) is 10.2. The molecule has 1 amide bonds. The molecule has 3 aromatic rings. The molecule has 0 unspecified atom stereocenters. The molecule has 0 bridgehead atoms. The minimum absolute atomic E-state index is 0.297. The molecule has 20 heavy (non-hydrogen) atoms. The van der Waals surface area contributed by atoms with E-state index >= 15 is 0 Å². The van der Waals surface area contributed by atoms with Gasteiger partial charge in [0.2, 0.25) is 5.56 Å². The van der Waals surface area contributed by atoms with Gasteiger partial charge in [-0.25, -0.2) is 4.39 Å². The molecule has 3 rings (SSSR count). The number of carbonyl (C=O) groups is 1. The molecule has 0 aliphatic rings. The maximum absolute atomic E-state index is 13.1. The zero-order chi connectivity index (χ0) is 14.1. The van der Waals surface area contributed by atoms with Gasteiger partial charge in [-0.15, -0.1) is 0 Å². The molecule has 0 aliphatic carbocycles. The van der Waals surface area contributed by atoms with Crippen LogP contribution in [0.15, 0.2) is 47.4 Å². The number of hydrogen-bond acceptors (Lipinski definition) is 2. The lowest BCUT2D eigenvalue weighted by Gasteiger charge is -2.02. The highest BCUT2D eigenvalue weighted by Gasteiger charge is 2.10. The maximum atomic E-state index is 13.1. The van der Waals surface area contributed by atoms with Gasteiger partial charge in [-0.1, -0.05) is 0 Å². The standard InChI is InChI=1S/C14H10FN3O2/c15-9-1-2-11-8(5-9)6-12(18-11)14(20)17-10-3-4-16-13(19)7-10/h1-7,18H,(H2,16,17,19,20). The van der Waals surface area contributed by atoms with Gasteiger partial charge in [0.15, 0.2) is 0 Å². The van der Waals surface area contributed by atoms with Crippen LogP contribution in [0.2, 0.25) is 0 Å². The van der Waals surface area contributed by atoms with E-state index in [-0.39, 0.29) is 11.4 Å². The summed E-state index contributed by atoms with van der Waals surface area (Å²) in [5.41, 5.74) is 1.05. The highest BCUT2D eigenvalue weighted by Crippen LogP contribution is 2.17. The van der Waals surface area contributed by atoms with E-state index in [9.17, 15) is 14.0 Å². The second-order valence-corrected chi connectivity index (χ2v) is 4.31. The highest BCUT2D eigenvalue weighted by atomic mass is 19.1. The van der Waals surface area contributed by atoms with Gasteiger partial charge in [0.1, 0.15) is 11.5 Å². The lowest BCUT2D eigenvalue weighted by Crippen LogP contribution is -2.14. The number of carbonyl (C=O) groups excluding carboxylic acids is 1. The molecule has 6 heteroatoms. The summed E-state index contributed by atoms with van der Waals surface area (Å²) < 4.78 is 13.1. The van der Waals surface area contributed by atoms with E-state index in [1.807, 2.05) is 0 Å². The summed E-state index contributed by atoms with van der Waals surface area (Å²) in [5, 5.41) is 3.20. The van der Waals surface area contributed by atoms with Gasteiger partial charge < -0.3 is 15.3 Å². The first-order chi connectivity index (χ1) is 9.61. The Labute approximate surface area is 112 Å². The number of amides is 1. The second kappa shape index (κ2) is 4.65. The fourth-order valence-corrected chi connectivity index (χ4v) is 1.95. The Kier molecular flexibility index (Phi) is 2.83. The van der Waals surface area contributed by atoms with Crippen LogP contribution in [0.1, 0.15) is 10.5 Å². The van der Waals surface area contributed by atoms with E-state index in [1.54, 1.807) is 18.2 Å². The van der Waals surface area contributed by atoms with E-state index in [4.69, 9.17) is 0 Å². The first-order valence-corrected chi connectivity index (χ1v) is 5.90. The lowest BCUT2D eigenvalue weighted by atomic mass is 10.2. The van der Waals surface area contributed by atoms with Gasteiger partial charge in [-0.3, -0.25) is 9.59 Å². The van der Waals surface area contributed by atoms with Crippen LogP contribution in [-0.4, -0.2) is 15.9 Å². The quantitative estimate of drug-likeness (QED) is 0.668. The number of anilines is 1. The SMILES string of the molecule is O=C(Nc1cc[nH]c(=O)c1)c1cc2cc(F)ccc2[nH]1. The molecule has 0 fully saturated rings. The van der Waals surface area contributed by atoms with Crippen molar-refractivity contribution in [1.29, 1.82) is 0 Å². The van der Waals surface area contributed by atoms with Crippen molar-refractivity contribution < 1.29 is 9.18 Å². The zero-order valence-corrected chi connectivity index (χ0v) is 10.2. The minimum atomic E-state index is -0.396. The molecular formula is C14H10FN3O2. The molecule has 2 aromatic heterocycles. The van der Waals surface area contributed by atoms with Crippen molar-refractivity contribution in [3.05, 3.63) is 64.5 Å². The second-order valence-electron chi connectivity index (χ2n) is 4.31. The van der Waals surface area contributed by atoms with Crippen LogP contribution in [0.3, 0.4) is 0 Å². The summed E-state index contributed by atoms with van der Waals surface area (Å²) in [6.45, 7) is 0. The van der Waals surface area contributed by atoms with E-state index in [0.29, 0.717) is 22.3 Å². The fraction of sp³-hybridized carbons (Fsp3) is 0. The Hall–Kier alpha value is -2.89. The van der Waals surface area contributed by atoms with Crippen molar-refractivity contribution in [3.63, 3.8) is 0 Å². The third-order valence-electron chi connectivity index (χ3n) is 2.86. The topological polar surface area (TPSA) is 77.8 Å². The predicted molar refractivity (Wildman–Crippen MR) is 73.3 cm³/mol. The number of halogens is 1. The van der Waals surface area contributed by atoms with Crippen molar-refractivity contribution in [2.45, 2.75) is 0 Å². The van der Waals surface area contributed by atoms with Crippen LogP contribution < -0.4 is 10.9 Å². The first-order valence-electron chi connectivity index (χ1n) is 5.90. The summed E-state index contributed by atoms with van der Waals surface area (Å²) in [6, 6.07) is 8.63. The third-order valence-corrected chi connectivity index (χ3v) is 2.86. The molecular weight excluding hydrogens is 261 g/mol. The molecule has 0 aliphatic heterocycles. The number of benzene rings is 1. The average Bonchev–Trinajstić information content (AvgIpc) is 2.81. The number of aromatic amines is 2. The number of pyridine rings is 1. The molecule has 3 N–H and O–H groups in total. The van der Waals surface area contributed by atoms with Gasteiger partial charge in [-0.05, 0) is 30.3 Å². The minimum Gasteiger partial charge on any atom is -0.351 e. The molecule has 0 saturated carbocycles. The molecule has 100 valence electrons. The highest BCUT2D eigenvalue weighted by molar-refractivity contribution is 6.05. The average molecular weight is 271 g/mol. The van der Waals surface area contributed by atoms with Gasteiger partial charge in [0.05, 0.1) is 0 Å². The Bertz CT molecular complexity index is 851. The Balaban J connectivity index is 1.90. The lowest BCUT2D eigenvalue weighted by molar-refractivity contribution is 0.102. The van der Waals surface area contributed by atoms with E-state index in [2.05, 4.69) is 15.3 Å². The molecule has 0 spiro atoms. The first kappa shape index (κ1) is 12.2. The smallest absolute Gasteiger partial charge is 0.272 e. The van der Waals surface area contributed by atoms with Crippen molar-refractivity contribution in [1.82, 2.24) is 9.97 Å². The van der Waals surface area contributed by atoms with Crippen molar-refractivity contribution in [2.24, 2.45) is 0 Å². The summed E-state index contributed by atoms with van der Waals surface area (Å²) in [6.07, 6.45) is 1.44. The molecule has 5 nitrogen and oxygen atoms in total. The number of fused-ring (bicyclic) bond motifs is 1. The van der Waals surface area contributed by atoms with E-state index in [0.717, 1.165) is 0 Å². The number of aromatic nitrogens is 2. The van der Waals surface area contributed by atoms with Crippen LogP contribution in [0.5, 0.6) is 0 Å². The summed E-state index contributed by atoms with van der Waals surface area (Å²) in [5.74, 6) is -0.759. The fourth-order valence-electron chi connectivity index (χ4n) is 1.95. The molecule has 2 heterocycles. The number of nitrogens with one attached hydrogen (secondary N) is 3. The summed E-state index contributed by atoms with van der Waals surface area (Å²) in [7, 11) is 0. The Morgan fingerprint density at radius 1 is 1.15 bits per heavy atom. The van der Waals surface area contributed by atoms with Gasteiger partial charge >= 0.3 is 0 Å². The molecule has 0 saturated heterocycles. The number of rotatable bonds is 2. The van der Waals surface area contributed by atoms with Crippen LogP contribution >= 0.6 is 0 Å². The van der Waals surface area contributed by atoms with Crippen LogP contribution in [0, 0.1) is 5.82 Å². The largest absolute Gasteiger partial charge is 0.351 e. The Morgan fingerprint density at radius 2 is 2.00 bits per heavy atom. The van der Waals surface area contributed by atoms with Crippen molar-refractivity contribution in [2.75, 3.05) is 5.32 Å². The molecule has 0 atom stereocenters. The van der Waals surface area contributed by atoms with Crippen molar-refractivity contribution >= 4 is 22.5 Å². The van der Waals surface area contributed by atoms with Crippen LogP contribution in [0.25, 0.3) is 10.9 Å².